The summed E-state index contributed by atoms with van der Waals surface area (Å²) in [5, 5.41) is 21.5. The van der Waals surface area contributed by atoms with E-state index in [0.717, 1.165) is 21.3 Å². The highest BCUT2D eigenvalue weighted by Gasteiger charge is 2.46. The number of rotatable bonds is 7. The van der Waals surface area contributed by atoms with Crippen LogP contribution in [0.2, 0.25) is 0 Å². The van der Waals surface area contributed by atoms with Crippen molar-refractivity contribution >= 4 is 5.82 Å². The maximum atomic E-state index is 12.3. The molecule has 1 aliphatic rings. The van der Waals surface area contributed by atoms with Crippen molar-refractivity contribution in [3.63, 3.8) is 0 Å². The lowest BCUT2D eigenvalue weighted by Crippen LogP contribution is -2.39. The highest BCUT2D eigenvalue weighted by Crippen LogP contribution is 2.41. The summed E-state index contributed by atoms with van der Waals surface area (Å²) >= 11 is 0. The summed E-state index contributed by atoms with van der Waals surface area (Å²) in [4.78, 5) is 16.0. The van der Waals surface area contributed by atoms with Gasteiger partial charge in [0.25, 0.3) is 0 Å². The van der Waals surface area contributed by atoms with Gasteiger partial charge in [-0.25, -0.2) is 4.79 Å². The predicted molar refractivity (Wildman–Crippen MR) is 134 cm³/mol. The first-order valence-corrected chi connectivity index (χ1v) is 11.7. The lowest BCUT2D eigenvalue weighted by atomic mass is 9.80. The van der Waals surface area contributed by atoms with Gasteiger partial charge in [-0.1, -0.05) is 91.0 Å². The predicted octanol–water partition coefficient (Wildman–Crippen LogP) is 2.45. The van der Waals surface area contributed by atoms with Gasteiger partial charge in [-0.15, -0.1) is 0 Å². The molecule has 1 saturated heterocycles. The molecule has 0 amide bonds. The van der Waals surface area contributed by atoms with E-state index in [0.29, 0.717) is 0 Å². The zero-order valence-corrected chi connectivity index (χ0v) is 19.4. The molecule has 1 aliphatic heterocycles. The van der Waals surface area contributed by atoms with Gasteiger partial charge in [0.05, 0.1) is 6.61 Å². The SMILES string of the molecule is Nc1ccn([C@@H]2O[C@H](COC(c3ccccc3)(c3ccccc3)c3ccccc3)C(O)[C@H]2O)c(=O)n1. The van der Waals surface area contributed by atoms with Crippen molar-refractivity contribution in [2.45, 2.75) is 30.1 Å². The standard InChI is InChI=1S/C28H27N3O5/c29-23-16-17-31(27(34)30-23)26-25(33)24(32)22(36-26)18-35-28(19-10-4-1-5-11-19,20-12-6-2-7-13-20)21-14-8-3-9-15-21/h1-17,22,24-26,32-33H,18H2,(H2,29,30,34)/t22-,24?,25-,26-/m1/s1. The number of hydrogen-bond donors (Lipinski definition) is 3. The number of benzene rings is 3. The minimum atomic E-state index is -1.36. The van der Waals surface area contributed by atoms with Crippen molar-refractivity contribution in [2.24, 2.45) is 0 Å². The number of hydrogen-bond acceptors (Lipinski definition) is 7. The fourth-order valence-corrected chi connectivity index (χ4v) is 4.69. The largest absolute Gasteiger partial charge is 0.387 e. The van der Waals surface area contributed by atoms with Gasteiger partial charge in [-0.05, 0) is 22.8 Å². The Balaban J connectivity index is 1.52. The number of nitrogens with zero attached hydrogens (tertiary/aromatic N) is 2. The molecule has 2 heterocycles. The second-order valence-corrected chi connectivity index (χ2v) is 8.68. The topological polar surface area (TPSA) is 120 Å². The third kappa shape index (κ3) is 4.31. The molecule has 0 saturated carbocycles. The van der Waals surface area contributed by atoms with Crippen molar-refractivity contribution in [3.05, 3.63) is 130 Å². The van der Waals surface area contributed by atoms with Gasteiger partial charge in [0.1, 0.15) is 29.7 Å². The van der Waals surface area contributed by atoms with Gasteiger partial charge < -0.3 is 25.4 Å². The molecule has 1 unspecified atom stereocenters. The molecule has 0 aliphatic carbocycles. The molecule has 1 aromatic heterocycles. The minimum absolute atomic E-state index is 0.0579. The van der Waals surface area contributed by atoms with Crippen LogP contribution >= 0.6 is 0 Å². The third-order valence-corrected chi connectivity index (χ3v) is 6.47. The molecule has 0 bridgehead atoms. The van der Waals surface area contributed by atoms with Gasteiger partial charge in [-0.3, -0.25) is 4.57 Å². The van der Waals surface area contributed by atoms with Crippen LogP contribution in [0.5, 0.6) is 0 Å². The Morgan fingerprint density at radius 1 is 0.833 bits per heavy atom. The number of anilines is 1. The summed E-state index contributed by atoms with van der Waals surface area (Å²) < 4.78 is 13.8. The second-order valence-electron chi connectivity index (χ2n) is 8.68. The summed E-state index contributed by atoms with van der Waals surface area (Å²) in [6.45, 7) is -0.0649. The first-order chi connectivity index (χ1) is 17.5. The zero-order chi connectivity index (χ0) is 25.1. The molecular formula is C28H27N3O5. The number of nitrogen functional groups attached to an aromatic ring is 1. The Hall–Kier alpha value is -3.82. The van der Waals surface area contributed by atoms with Crippen LogP contribution in [-0.4, -0.2) is 44.7 Å². The zero-order valence-electron chi connectivity index (χ0n) is 19.4. The maximum Gasteiger partial charge on any atom is 0.351 e. The Morgan fingerprint density at radius 2 is 1.33 bits per heavy atom. The highest BCUT2D eigenvalue weighted by molar-refractivity contribution is 5.47. The molecule has 0 radical (unpaired) electrons. The molecular weight excluding hydrogens is 458 g/mol. The van der Waals surface area contributed by atoms with Crippen molar-refractivity contribution in [2.75, 3.05) is 12.3 Å². The summed E-state index contributed by atoms with van der Waals surface area (Å²) in [5.74, 6) is 0.0579. The van der Waals surface area contributed by atoms with Gasteiger partial charge in [0.2, 0.25) is 0 Å². The number of ether oxygens (including phenoxy) is 2. The molecule has 1 fully saturated rings. The van der Waals surface area contributed by atoms with Gasteiger partial charge >= 0.3 is 5.69 Å². The van der Waals surface area contributed by atoms with Crippen LogP contribution in [-0.2, 0) is 15.1 Å². The quantitative estimate of drug-likeness (QED) is 0.344. The van der Waals surface area contributed by atoms with E-state index in [1.807, 2.05) is 91.0 Å². The molecule has 4 aromatic rings. The van der Waals surface area contributed by atoms with E-state index in [2.05, 4.69) is 4.98 Å². The fraction of sp³-hybridized carbons (Fsp3) is 0.214. The van der Waals surface area contributed by atoms with Gasteiger partial charge in [0.15, 0.2) is 6.23 Å². The van der Waals surface area contributed by atoms with E-state index in [1.165, 1.54) is 12.3 Å². The van der Waals surface area contributed by atoms with Crippen molar-refractivity contribution in [1.82, 2.24) is 9.55 Å². The lowest BCUT2D eigenvalue weighted by Gasteiger charge is -2.37. The maximum absolute atomic E-state index is 12.3. The minimum Gasteiger partial charge on any atom is -0.387 e. The molecule has 8 nitrogen and oxygen atoms in total. The molecule has 0 spiro atoms. The Kier molecular flexibility index (Phi) is 6.67. The highest BCUT2D eigenvalue weighted by atomic mass is 16.6. The first-order valence-electron chi connectivity index (χ1n) is 11.7. The number of aliphatic hydroxyl groups is 2. The third-order valence-electron chi connectivity index (χ3n) is 6.47. The van der Waals surface area contributed by atoms with Gasteiger partial charge in [-0.2, -0.15) is 4.98 Å². The van der Waals surface area contributed by atoms with E-state index in [-0.39, 0.29) is 12.4 Å². The second kappa shape index (κ2) is 10.0. The first kappa shape index (κ1) is 23.9. The van der Waals surface area contributed by atoms with Crippen LogP contribution in [0.3, 0.4) is 0 Å². The summed E-state index contributed by atoms with van der Waals surface area (Å²) in [7, 11) is 0. The Bertz CT molecular complexity index is 1250. The van der Waals surface area contributed by atoms with E-state index in [9.17, 15) is 15.0 Å². The van der Waals surface area contributed by atoms with Crippen LogP contribution < -0.4 is 11.4 Å². The van der Waals surface area contributed by atoms with Crippen LogP contribution in [0.25, 0.3) is 0 Å². The van der Waals surface area contributed by atoms with E-state index in [4.69, 9.17) is 15.2 Å². The van der Waals surface area contributed by atoms with Crippen LogP contribution in [0, 0.1) is 0 Å². The molecule has 4 atom stereocenters. The summed E-state index contributed by atoms with van der Waals surface area (Å²) in [5.41, 5.74) is 6.56. The molecule has 4 N–H and O–H groups in total. The van der Waals surface area contributed by atoms with E-state index >= 15 is 0 Å². The number of nitrogens with two attached hydrogens (primary N) is 1. The van der Waals surface area contributed by atoms with Crippen molar-refractivity contribution in [1.29, 1.82) is 0 Å². The monoisotopic (exact) mass is 485 g/mol. The Morgan fingerprint density at radius 3 is 1.81 bits per heavy atom. The average molecular weight is 486 g/mol. The van der Waals surface area contributed by atoms with Crippen LogP contribution in [0.15, 0.2) is 108 Å². The number of aliphatic hydroxyl groups excluding tert-OH is 2. The number of aromatic nitrogens is 2. The molecule has 8 heteroatoms. The molecule has 3 aromatic carbocycles. The lowest BCUT2D eigenvalue weighted by molar-refractivity contribution is -0.0958. The Labute approximate surface area is 208 Å². The summed E-state index contributed by atoms with van der Waals surface area (Å²) in [6.07, 6.45) is -3.31. The molecule has 36 heavy (non-hydrogen) atoms. The average Bonchev–Trinajstić information content (AvgIpc) is 3.19. The van der Waals surface area contributed by atoms with Crippen molar-refractivity contribution in [3.8, 4) is 0 Å². The molecule has 5 rings (SSSR count). The fourth-order valence-electron chi connectivity index (χ4n) is 4.69. The smallest absolute Gasteiger partial charge is 0.351 e. The van der Waals surface area contributed by atoms with Crippen molar-refractivity contribution < 1.29 is 19.7 Å². The van der Waals surface area contributed by atoms with E-state index < -0.39 is 35.8 Å². The van der Waals surface area contributed by atoms with Crippen LogP contribution in [0.1, 0.15) is 22.9 Å². The normalized spacial score (nSPS) is 21.9. The summed E-state index contributed by atoms with van der Waals surface area (Å²) in [6, 6.07) is 30.8. The van der Waals surface area contributed by atoms with Crippen LogP contribution in [0.4, 0.5) is 5.82 Å². The van der Waals surface area contributed by atoms with E-state index in [1.54, 1.807) is 0 Å². The molecule has 184 valence electrons. The van der Waals surface area contributed by atoms with Gasteiger partial charge in [0, 0.05) is 6.20 Å².